The smallest absolute Gasteiger partial charge is 0.358 e. The highest BCUT2D eigenvalue weighted by Gasteiger charge is 2.26. The number of nitro benzene ring substituents is 1. The van der Waals surface area contributed by atoms with Crippen molar-refractivity contribution in [3.63, 3.8) is 0 Å². The summed E-state index contributed by atoms with van der Waals surface area (Å²) in [6.45, 7) is 0. The number of nitrogens with one attached hydrogen (secondary N) is 1. The van der Waals surface area contributed by atoms with Crippen LogP contribution in [0.1, 0.15) is 10.5 Å². The lowest BCUT2D eigenvalue weighted by molar-refractivity contribution is -0.384. The molecule has 2 heterocycles. The summed E-state index contributed by atoms with van der Waals surface area (Å²) in [6.07, 6.45) is 1.63. The van der Waals surface area contributed by atoms with Gasteiger partial charge < -0.3 is 14.5 Å². The van der Waals surface area contributed by atoms with Crippen molar-refractivity contribution < 1.29 is 19.2 Å². The summed E-state index contributed by atoms with van der Waals surface area (Å²) < 4.78 is 5.69. The first-order valence-electron chi connectivity index (χ1n) is 7.60. The quantitative estimate of drug-likeness (QED) is 0.422. The second kappa shape index (κ2) is 5.85. The Morgan fingerprint density at radius 2 is 1.85 bits per heavy atom. The Morgan fingerprint density at radius 1 is 1.12 bits per heavy atom. The number of nitro groups is 1. The standard InChI is InChI=1S/C18H11N3O5/c22-18(23)15-16(12-9-19-13-7-3-1-5-10(12)13)26-17(20-15)11-6-2-4-8-14(11)21(24)25/h1-9,19H,(H,22,23). The third kappa shape index (κ3) is 2.40. The van der Waals surface area contributed by atoms with E-state index in [1.807, 2.05) is 24.3 Å². The van der Waals surface area contributed by atoms with Gasteiger partial charge in [-0.05, 0) is 12.1 Å². The number of oxazole rings is 1. The minimum atomic E-state index is -1.28. The lowest BCUT2D eigenvalue weighted by Gasteiger charge is -1.98. The Bertz CT molecular complexity index is 1160. The molecule has 0 saturated carbocycles. The van der Waals surface area contributed by atoms with E-state index in [9.17, 15) is 20.0 Å². The number of aromatic nitrogens is 2. The molecule has 4 aromatic rings. The molecule has 26 heavy (non-hydrogen) atoms. The number of carbonyl (C=O) groups is 1. The van der Waals surface area contributed by atoms with E-state index in [1.54, 1.807) is 12.3 Å². The zero-order valence-corrected chi connectivity index (χ0v) is 13.2. The molecule has 0 unspecified atom stereocenters. The van der Waals surface area contributed by atoms with Crippen LogP contribution in [0.25, 0.3) is 33.7 Å². The van der Waals surface area contributed by atoms with E-state index in [4.69, 9.17) is 4.42 Å². The van der Waals surface area contributed by atoms with Gasteiger partial charge in [0.25, 0.3) is 5.69 Å². The number of para-hydroxylation sites is 2. The van der Waals surface area contributed by atoms with Gasteiger partial charge in [-0.2, -0.15) is 0 Å². The van der Waals surface area contributed by atoms with Crippen LogP contribution < -0.4 is 0 Å². The van der Waals surface area contributed by atoms with E-state index >= 15 is 0 Å². The van der Waals surface area contributed by atoms with Gasteiger partial charge in [0.05, 0.1) is 4.92 Å². The van der Waals surface area contributed by atoms with Crippen molar-refractivity contribution in [3.8, 4) is 22.8 Å². The van der Waals surface area contributed by atoms with Crippen LogP contribution in [0, 0.1) is 10.1 Å². The highest BCUT2D eigenvalue weighted by molar-refractivity contribution is 6.01. The Hall–Kier alpha value is -3.94. The molecule has 2 N–H and O–H groups in total. The van der Waals surface area contributed by atoms with Crippen molar-refractivity contribution in [1.82, 2.24) is 9.97 Å². The van der Waals surface area contributed by atoms with E-state index in [0.717, 1.165) is 10.9 Å². The average Bonchev–Trinajstić information content (AvgIpc) is 3.25. The maximum atomic E-state index is 11.6. The van der Waals surface area contributed by atoms with Crippen molar-refractivity contribution in [3.05, 3.63) is 70.5 Å². The van der Waals surface area contributed by atoms with Crippen LogP contribution in [0.15, 0.2) is 59.1 Å². The Labute approximate surface area is 145 Å². The Morgan fingerprint density at radius 3 is 2.62 bits per heavy atom. The lowest BCUT2D eigenvalue weighted by atomic mass is 10.1. The van der Waals surface area contributed by atoms with Gasteiger partial charge in [-0.3, -0.25) is 10.1 Å². The van der Waals surface area contributed by atoms with Gasteiger partial charge in [-0.15, -0.1) is 0 Å². The third-order valence-corrected chi connectivity index (χ3v) is 3.99. The summed E-state index contributed by atoms with van der Waals surface area (Å²) in [5.41, 5.74) is 0.933. The number of rotatable bonds is 4. The van der Waals surface area contributed by atoms with Gasteiger partial charge in [0.1, 0.15) is 5.56 Å². The molecule has 0 aliphatic rings. The molecule has 0 spiro atoms. The number of aromatic amines is 1. The van der Waals surface area contributed by atoms with Gasteiger partial charge in [-0.25, -0.2) is 9.78 Å². The van der Waals surface area contributed by atoms with Crippen LogP contribution in [-0.2, 0) is 0 Å². The predicted molar refractivity (Wildman–Crippen MR) is 92.8 cm³/mol. The first kappa shape index (κ1) is 15.6. The Balaban J connectivity index is 1.96. The number of carboxylic acids is 1. The lowest BCUT2D eigenvalue weighted by Crippen LogP contribution is -1.99. The molecule has 2 aromatic carbocycles. The summed E-state index contributed by atoms with van der Waals surface area (Å²) >= 11 is 0. The fourth-order valence-corrected chi connectivity index (χ4v) is 2.84. The average molecular weight is 349 g/mol. The SMILES string of the molecule is O=C(O)c1nc(-c2ccccc2[N+](=O)[O-])oc1-c1c[nH]c2ccccc12. The van der Waals surface area contributed by atoms with E-state index in [2.05, 4.69) is 9.97 Å². The molecule has 4 rings (SSSR count). The molecule has 0 fully saturated rings. The minimum Gasteiger partial charge on any atom is -0.476 e. The Kier molecular flexibility index (Phi) is 3.51. The van der Waals surface area contributed by atoms with Crippen molar-refractivity contribution >= 4 is 22.6 Å². The first-order chi connectivity index (χ1) is 12.6. The van der Waals surface area contributed by atoms with Gasteiger partial charge in [0.15, 0.2) is 11.5 Å². The first-order valence-corrected chi connectivity index (χ1v) is 7.60. The van der Waals surface area contributed by atoms with Crippen LogP contribution in [0.5, 0.6) is 0 Å². The van der Waals surface area contributed by atoms with Gasteiger partial charge in [-0.1, -0.05) is 30.3 Å². The molecule has 0 aliphatic carbocycles. The van der Waals surface area contributed by atoms with Crippen LogP contribution >= 0.6 is 0 Å². The fraction of sp³-hybridized carbons (Fsp3) is 0. The summed E-state index contributed by atoms with van der Waals surface area (Å²) in [7, 11) is 0. The van der Waals surface area contributed by atoms with Crippen molar-refractivity contribution in [1.29, 1.82) is 0 Å². The molecule has 0 aliphatic heterocycles. The topological polar surface area (TPSA) is 122 Å². The normalized spacial score (nSPS) is 10.9. The highest BCUT2D eigenvalue weighted by atomic mass is 16.6. The number of aromatic carboxylic acids is 1. The zero-order valence-electron chi connectivity index (χ0n) is 13.2. The van der Waals surface area contributed by atoms with Crippen LogP contribution in [0.3, 0.4) is 0 Å². The summed E-state index contributed by atoms with van der Waals surface area (Å²) in [4.78, 5) is 29.4. The van der Waals surface area contributed by atoms with Gasteiger partial charge >= 0.3 is 5.97 Å². The molecule has 8 nitrogen and oxygen atoms in total. The van der Waals surface area contributed by atoms with Gasteiger partial charge in [0, 0.05) is 28.7 Å². The number of hydrogen-bond donors (Lipinski definition) is 2. The summed E-state index contributed by atoms with van der Waals surface area (Å²) in [6, 6.07) is 13.2. The van der Waals surface area contributed by atoms with E-state index in [0.29, 0.717) is 5.56 Å². The second-order valence-corrected chi connectivity index (χ2v) is 5.52. The predicted octanol–water partition coefficient (Wildman–Crippen LogP) is 4.10. The number of nitrogens with zero attached hydrogens (tertiary/aromatic N) is 2. The van der Waals surface area contributed by atoms with Gasteiger partial charge in [0.2, 0.25) is 5.89 Å². The number of benzene rings is 2. The maximum Gasteiger partial charge on any atom is 0.358 e. The molecule has 8 heteroatoms. The maximum absolute atomic E-state index is 11.6. The monoisotopic (exact) mass is 349 g/mol. The summed E-state index contributed by atoms with van der Waals surface area (Å²) in [5.74, 6) is -1.35. The van der Waals surface area contributed by atoms with Crippen LogP contribution in [-0.4, -0.2) is 26.0 Å². The third-order valence-electron chi connectivity index (χ3n) is 3.99. The second-order valence-electron chi connectivity index (χ2n) is 5.52. The zero-order chi connectivity index (χ0) is 18.3. The van der Waals surface area contributed by atoms with E-state index < -0.39 is 10.9 Å². The summed E-state index contributed by atoms with van der Waals surface area (Å²) in [5, 5.41) is 21.5. The molecule has 0 radical (unpaired) electrons. The van der Waals surface area contributed by atoms with Crippen LogP contribution in [0.4, 0.5) is 5.69 Å². The highest BCUT2D eigenvalue weighted by Crippen LogP contribution is 2.36. The van der Waals surface area contributed by atoms with E-state index in [-0.39, 0.29) is 28.6 Å². The molecule has 0 amide bonds. The van der Waals surface area contributed by atoms with Crippen molar-refractivity contribution in [2.75, 3.05) is 0 Å². The number of H-pyrrole nitrogens is 1. The minimum absolute atomic E-state index is 0.0445. The molecule has 128 valence electrons. The molecule has 0 atom stereocenters. The van der Waals surface area contributed by atoms with Crippen LogP contribution in [0.2, 0.25) is 0 Å². The van der Waals surface area contributed by atoms with E-state index in [1.165, 1.54) is 18.2 Å². The number of hydrogen-bond acceptors (Lipinski definition) is 5. The number of fused-ring (bicyclic) bond motifs is 1. The molecular formula is C18H11N3O5. The van der Waals surface area contributed by atoms with Crippen molar-refractivity contribution in [2.45, 2.75) is 0 Å². The van der Waals surface area contributed by atoms with Crippen molar-refractivity contribution in [2.24, 2.45) is 0 Å². The molecule has 0 bridgehead atoms. The molecular weight excluding hydrogens is 338 g/mol. The molecule has 2 aromatic heterocycles. The number of carboxylic acid groups (broad SMARTS) is 1. The largest absolute Gasteiger partial charge is 0.476 e. The fourth-order valence-electron chi connectivity index (χ4n) is 2.84. The molecule has 0 saturated heterocycles.